The van der Waals surface area contributed by atoms with Gasteiger partial charge in [0.05, 0.1) is 5.69 Å². The van der Waals surface area contributed by atoms with Gasteiger partial charge in [0.25, 0.3) is 0 Å². The van der Waals surface area contributed by atoms with Crippen LogP contribution in [0.15, 0.2) is 193 Å². The molecular formula is C51H31NO. The molecule has 2 heteroatoms. The van der Waals surface area contributed by atoms with E-state index in [1.165, 1.54) is 70.9 Å². The molecule has 0 amide bonds. The Balaban J connectivity index is 1.02. The van der Waals surface area contributed by atoms with Crippen LogP contribution in [0, 0.1) is 0 Å². The second-order valence-corrected chi connectivity index (χ2v) is 13.9. The lowest BCUT2D eigenvalue weighted by Gasteiger charge is -2.18. The van der Waals surface area contributed by atoms with Gasteiger partial charge in [-0.05, 0) is 107 Å². The molecule has 9 aromatic carbocycles. The lowest BCUT2D eigenvalue weighted by atomic mass is 9.86. The van der Waals surface area contributed by atoms with Crippen molar-refractivity contribution in [3.05, 3.63) is 188 Å². The van der Waals surface area contributed by atoms with Gasteiger partial charge in [-0.15, -0.1) is 0 Å². The molecule has 11 rings (SSSR count). The molecule has 246 valence electrons. The predicted molar refractivity (Wildman–Crippen MR) is 223 cm³/mol. The highest BCUT2D eigenvalue weighted by molar-refractivity contribution is 6.21. The van der Waals surface area contributed by atoms with Crippen LogP contribution in [-0.4, -0.2) is 4.98 Å². The Hall–Kier alpha value is -7.03. The first-order valence-electron chi connectivity index (χ1n) is 18.1. The molecule has 0 fully saturated rings. The van der Waals surface area contributed by atoms with E-state index in [1.807, 2.05) is 6.20 Å². The molecule has 2 aromatic heterocycles. The molecule has 2 nitrogen and oxygen atoms in total. The second-order valence-electron chi connectivity index (χ2n) is 13.9. The highest BCUT2D eigenvalue weighted by atomic mass is 16.3. The topological polar surface area (TPSA) is 26.0 Å². The van der Waals surface area contributed by atoms with Gasteiger partial charge in [0, 0.05) is 28.1 Å². The molecule has 0 aliphatic rings. The van der Waals surface area contributed by atoms with Crippen LogP contribution in [0.4, 0.5) is 0 Å². The zero-order valence-corrected chi connectivity index (χ0v) is 28.8. The Labute approximate surface area is 306 Å². The largest absolute Gasteiger partial charge is 0.456 e. The summed E-state index contributed by atoms with van der Waals surface area (Å²) in [5, 5.41) is 12.0. The minimum absolute atomic E-state index is 0.886. The highest BCUT2D eigenvalue weighted by Crippen LogP contribution is 2.44. The maximum atomic E-state index is 6.27. The molecule has 0 bridgehead atoms. The third-order valence-electron chi connectivity index (χ3n) is 10.9. The Morgan fingerprint density at radius 3 is 1.53 bits per heavy atom. The summed E-state index contributed by atoms with van der Waals surface area (Å²) in [5.74, 6) is 0. The van der Waals surface area contributed by atoms with Crippen LogP contribution in [0.2, 0.25) is 0 Å². The van der Waals surface area contributed by atoms with E-state index < -0.39 is 0 Å². The third-order valence-corrected chi connectivity index (χ3v) is 10.9. The number of aromatic nitrogens is 1. The summed E-state index contributed by atoms with van der Waals surface area (Å²) in [6.45, 7) is 0. The van der Waals surface area contributed by atoms with Gasteiger partial charge in [-0.1, -0.05) is 146 Å². The van der Waals surface area contributed by atoms with Crippen LogP contribution in [-0.2, 0) is 0 Å². The third kappa shape index (κ3) is 4.77. The van der Waals surface area contributed by atoms with Gasteiger partial charge in [-0.25, -0.2) is 0 Å². The number of hydrogen-bond donors (Lipinski definition) is 0. The van der Waals surface area contributed by atoms with Crippen molar-refractivity contribution in [1.29, 1.82) is 0 Å². The van der Waals surface area contributed by atoms with Crippen molar-refractivity contribution in [1.82, 2.24) is 4.98 Å². The molecule has 0 N–H and O–H groups in total. The van der Waals surface area contributed by atoms with Crippen molar-refractivity contribution in [2.75, 3.05) is 0 Å². The van der Waals surface area contributed by atoms with E-state index >= 15 is 0 Å². The van der Waals surface area contributed by atoms with Crippen molar-refractivity contribution < 1.29 is 4.42 Å². The zero-order valence-electron chi connectivity index (χ0n) is 28.8. The molecule has 0 aliphatic carbocycles. The van der Waals surface area contributed by atoms with E-state index in [-0.39, 0.29) is 0 Å². The van der Waals surface area contributed by atoms with Crippen molar-refractivity contribution in [3.63, 3.8) is 0 Å². The van der Waals surface area contributed by atoms with Gasteiger partial charge in [0.15, 0.2) is 0 Å². The first kappa shape index (κ1) is 29.7. The fourth-order valence-corrected chi connectivity index (χ4v) is 8.38. The summed E-state index contributed by atoms with van der Waals surface area (Å²) in [7, 11) is 0. The van der Waals surface area contributed by atoms with Crippen molar-refractivity contribution in [3.8, 4) is 44.6 Å². The Kier molecular flexibility index (Phi) is 6.59. The number of nitrogens with zero attached hydrogens (tertiary/aromatic N) is 1. The summed E-state index contributed by atoms with van der Waals surface area (Å²) >= 11 is 0. The summed E-state index contributed by atoms with van der Waals surface area (Å²) in [6, 6.07) is 65.4. The molecule has 11 aromatic rings. The van der Waals surface area contributed by atoms with E-state index in [1.54, 1.807) is 0 Å². The van der Waals surface area contributed by atoms with Crippen LogP contribution in [0.25, 0.3) is 110 Å². The van der Waals surface area contributed by atoms with Gasteiger partial charge < -0.3 is 4.42 Å². The van der Waals surface area contributed by atoms with Crippen LogP contribution in [0.3, 0.4) is 0 Å². The first-order chi connectivity index (χ1) is 26.3. The smallest absolute Gasteiger partial charge is 0.136 e. The molecule has 0 unspecified atom stereocenters. The standard InChI is InChI=1S/C51H31NO/c1-2-12-36-30-49-46(28-35(36)11-1)45-29-37(25-27-48(45)53-49)47-26-24-38(31-52-47)51-43-17-7-5-15-41(43)50(42-16-6-8-18-44(42)51)34-22-20-33(21-23-34)40-19-9-13-32-10-3-4-14-39(32)40/h1-31H. The number of furan rings is 1. The summed E-state index contributed by atoms with van der Waals surface area (Å²) < 4.78 is 6.27. The van der Waals surface area contributed by atoms with Gasteiger partial charge in [-0.2, -0.15) is 0 Å². The van der Waals surface area contributed by atoms with Crippen LogP contribution in [0.1, 0.15) is 0 Å². The number of fused-ring (bicyclic) bond motifs is 7. The normalized spacial score (nSPS) is 11.8. The van der Waals surface area contributed by atoms with E-state index in [0.717, 1.165) is 38.8 Å². The quantitative estimate of drug-likeness (QED) is 0.174. The lowest BCUT2D eigenvalue weighted by molar-refractivity contribution is 0.669. The molecule has 0 aliphatic heterocycles. The van der Waals surface area contributed by atoms with E-state index in [0.29, 0.717) is 0 Å². The number of hydrogen-bond acceptors (Lipinski definition) is 2. The molecule has 0 saturated heterocycles. The fraction of sp³-hybridized carbons (Fsp3) is 0. The molecular weight excluding hydrogens is 643 g/mol. The minimum Gasteiger partial charge on any atom is -0.456 e. The number of benzene rings is 9. The average Bonchev–Trinajstić information content (AvgIpc) is 3.58. The predicted octanol–water partition coefficient (Wildman–Crippen LogP) is 14.3. The second kappa shape index (κ2) is 11.8. The number of rotatable bonds is 4. The van der Waals surface area contributed by atoms with E-state index in [2.05, 4.69) is 182 Å². The van der Waals surface area contributed by atoms with Gasteiger partial charge in [0.2, 0.25) is 0 Å². The Morgan fingerprint density at radius 2 is 0.849 bits per heavy atom. The summed E-state index contributed by atoms with van der Waals surface area (Å²) in [6.07, 6.45) is 2.04. The fourth-order valence-electron chi connectivity index (χ4n) is 8.38. The van der Waals surface area contributed by atoms with E-state index in [9.17, 15) is 0 Å². The Bertz CT molecular complexity index is 3140. The van der Waals surface area contributed by atoms with Crippen LogP contribution < -0.4 is 0 Å². The van der Waals surface area contributed by atoms with Gasteiger partial charge >= 0.3 is 0 Å². The van der Waals surface area contributed by atoms with Crippen molar-refractivity contribution in [2.24, 2.45) is 0 Å². The lowest BCUT2D eigenvalue weighted by Crippen LogP contribution is -1.92. The first-order valence-corrected chi connectivity index (χ1v) is 18.1. The average molecular weight is 674 g/mol. The number of pyridine rings is 1. The molecule has 0 saturated carbocycles. The molecule has 0 atom stereocenters. The maximum Gasteiger partial charge on any atom is 0.136 e. The van der Waals surface area contributed by atoms with Crippen LogP contribution >= 0.6 is 0 Å². The van der Waals surface area contributed by atoms with Crippen molar-refractivity contribution >= 4 is 65.0 Å². The monoisotopic (exact) mass is 673 g/mol. The minimum atomic E-state index is 0.886. The van der Waals surface area contributed by atoms with Crippen molar-refractivity contribution in [2.45, 2.75) is 0 Å². The zero-order chi connectivity index (χ0) is 34.9. The maximum absolute atomic E-state index is 6.27. The SMILES string of the molecule is c1ccc2cc3c(cc2c1)oc1ccc(-c2ccc(-c4c5ccccc5c(-c5ccc(-c6cccc7ccccc67)cc5)c5ccccc45)cn2)cc13. The van der Waals surface area contributed by atoms with Gasteiger partial charge in [0.1, 0.15) is 11.2 Å². The molecule has 53 heavy (non-hydrogen) atoms. The molecule has 0 radical (unpaired) electrons. The molecule has 2 heterocycles. The molecule has 0 spiro atoms. The Morgan fingerprint density at radius 1 is 0.321 bits per heavy atom. The highest BCUT2D eigenvalue weighted by Gasteiger charge is 2.18. The van der Waals surface area contributed by atoms with E-state index in [4.69, 9.17) is 9.40 Å². The summed E-state index contributed by atoms with van der Waals surface area (Å²) in [5.41, 5.74) is 11.0. The summed E-state index contributed by atoms with van der Waals surface area (Å²) in [4.78, 5) is 5.07. The van der Waals surface area contributed by atoms with Gasteiger partial charge in [-0.3, -0.25) is 4.98 Å². The van der Waals surface area contributed by atoms with Crippen LogP contribution in [0.5, 0.6) is 0 Å².